The van der Waals surface area contributed by atoms with E-state index >= 15 is 0 Å². The molecule has 0 saturated carbocycles. The van der Waals surface area contributed by atoms with Crippen molar-refractivity contribution < 1.29 is 0 Å². The van der Waals surface area contributed by atoms with E-state index in [2.05, 4.69) is 289 Å². The molecule has 2 nitrogen and oxygen atoms in total. The molecule has 16 rings (SSSR count). The molecule has 0 atom stereocenters. The molecule has 0 radical (unpaired) electrons. The maximum absolute atomic E-state index is 2.49. The van der Waals surface area contributed by atoms with Gasteiger partial charge in [-0.15, -0.1) is 11.3 Å². The Morgan fingerprint density at radius 1 is 0.244 bits per heavy atom. The predicted octanol–water partition coefficient (Wildman–Crippen LogP) is 22.2. The molecule has 0 N–H and O–H groups in total. The summed E-state index contributed by atoms with van der Waals surface area (Å²) in [6.45, 7) is 0. The van der Waals surface area contributed by atoms with E-state index in [1.165, 1.54) is 129 Å². The Bertz CT molecular complexity index is 4680. The van der Waals surface area contributed by atoms with Crippen LogP contribution in [-0.2, 0) is 0 Å². The normalized spacial score (nSPS) is 12.1. The standard InChI is InChI=1S/C74H46N2S2/c1-5-22-49(23-6-1)75(50-24-7-2-8-25-50)73-58-34-17-13-30-54(58)69(55-31-14-18-35-59(55)73)47-40-42-53-64-46-68-71(63-38-21-39-65(72(63)64)77-66(53)44-47)62-43-41-48(45-67(62)78-68)70-56-32-15-19-36-60(56)74(61-37-20-16-33-57(61)70)76(51-26-9-3-10-27-51)52-28-11-4-12-29-52/h1-46H. The maximum atomic E-state index is 2.49. The number of nitrogens with zero attached hydrogens (tertiary/aromatic N) is 2. The summed E-state index contributed by atoms with van der Waals surface area (Å²) in [5, 5.41) is 15.1. The summed E-state index contributed by atoms with van der Waals surface area (Å²) in [7, 11) is 0. The third-order valence-corrected chi connectivity index (χ3v) is 18.2. The van der Waals surface area contributed by atoms with Gasteiger partial charge in [-0.3, -0.25) is 0 Å². The minimum absolute atomic E-state index is 1.13. The molecule has 0 fully saturated rings. The van der Waals surface area contributed by atoms with E-state index in [1.54, 1.807) is 0 Å². The van der Waals surface area contributed by atoms with Gasteiger partial charge < -0.3 is 9.80 Å². The summed E-state index contributed by atoms with van der Waals surface area (Å²) < 4.78 is 2.60. The molecule has 0 amide bonds. The lowest BCUT2D eigenvalue weighted by Gasteiger charge is -2.29. The minimum Gasteiger partial charge on any atom is -0.309 e. The van der Waals surface area contributed by atoms with E-state index < -0.39 is 0 Å². The van der Waals surface area contributed by atoms with Crippen molar-refractivity contribution >= 4 is 131 Å². The zero-order valence-corrected chi connectivity index (χ0v) is 43.9. The molecule has 15 aromatic rings. The molecule has 4 heteroatoms. The molecule has 364 valence electrons. The smallest absolute Gasteiger partial charge is 0.0618 e. The van der Waals surface area contributed by atoms with Gasteiger partial charge in [-0.25, -0.2) is 0 Å². The minimum atomic E-state index is 1.13. The van der Waals surface area contributed by atoms with Crippen LogP contribution in [0, 0.1) is 0 Å². The number of thiophene rings is 1. The Kier molecular flexibility index (Phi) is 10.4. The van der Waals surface area contributed by atoms with Gasteiger partial charge in [0.05, 0.1) is 11.4 Å². The highest BCUT2D eigenvalue weighted by Gasteiger charge is 2.27. The largest absolute Gasteiger partial charge is 0.309 e. The molecule has 0 saturated heterocycles. The van der Waals surface area contributed by atoms with E-state index in [1.807, 2.05) is 23.1 Å². The molecule has 78 heavy (non-hydrogen) atoms. The van der Waals surface area contributed by atoms with Crippen molar-refractivity contribution in [1.82, 2.24) is 0 Å². The molecule has 0 aliphatic carbocycles. The van der Waals surface area contributed by atoms with Gasteiger partial charge in [0.1, 0.15) is 0 Å². The lowest BCUT2D eigenvalue weighted by Crippen LogP contribution is -2.11. The molecule has 1 aliphatic rings. The second-order valence-electron chi connectivity index (χ2n) is 20.2. The Balaban J connectivity index is 0.852. The lowest BCUT2D eigenvalue weighted by molar-refractivity contribution is 1.31. The number of hydrogen-bond acceptors (Lipinski definition) is 4. The molecule has 14 aromatic carbocycles. The zero-order valence-electron chi connectivity index (χ0n) is 42.3. The predicted molar refractivity (Wildman–Crippen MR) is 337 cm³/mol. The van der Waals surface area contributed by atoms with Crippen molar-refractivity contribution in [2.24, 2.45) is 0 Å². The molecule has 0 unspecified atom stereocenters. The van der Waals surface area contributed by atoms with Gasteiger partial charge in [0.2, 0.25) is 0 Å². The van der Waals surface area contributed by atoms with Crippen LogP contribution in [0.15, 0.2) is 289 Å². The van der Waals surface area contributed by atoms with Crippen LogP contribution in [0.1, 0.15) is 0 Å². The van der Waals surface area contributed by atoms with Gasteiger partial charge >= 0.3 is 0 Å². The summed E-state index contributed by atoms with van der Waals surface area (Å²) in [5.41, 5.74) is 14.4. The highest BCUT2D eigenvalue weighted by atomic mass is 32.2. The number of anilines is 6. The number of para-hydroxylation sites is 4. The number of rotatable bonds is 8. The van der Waals surface area contributed by atoms with Gasteiger partial charge in [-0.2, -0.15) is 0 Å². The number of benzene rings is 14. The third kappa shape index (κ3) is 6.97. The lowest BCUT2D eigenvalue weighted by atomic mass is 9.88. The monoisotopic (exact) mass is 1030 g/mol. The van der Waals surface area contributed by atoms with E-state index in [-0.39, 0.29) is 0 Å². The molecule has 0 spiro atoms. The molecular formula is C74H46N2S2. The summed E-state index contributed by atoms with van der Waals surface area (Å²) >= 11 is 3.82. The molecule has 1 aromatic heterocycles. The highest BCUT2D eigenvalue weighted by Crippen LogP contribution is 2.55. The fourth-order valence-electron chi connectivity index (χ4n) is 12.7. The van der Waals surface area contributed by atoms with Crippen molar-refractivity contribution in [2.45, 2.75) is 9.79 Å². The third-order valence-electron chi connectivity index (χ3n) is 15.9. The second kappa shape index (κ2) is 18.1. The summed E-state index contributed by atoms with van der Waals surface area (Å²) in [5.74, 6) is 0. The van der Waals surface area contributed by atoms with Crippen LogP contribution >= 0.6 is 23.1 Å². The Labute approximate surface area is 460 Å². The fraction of sp³-hybridized carbons (Fsp3) is 0. The van der Waals surface area contributed by atoms with Gasteiger partial charge in [0.25, 0.3) is 0 Å². The van der Waals surface area contributed by atoms with Crippen molar-refractivity contribution in [3.63, 3.8) is 0 Å². The van der Waals surface area contributed by atoms with Crippen molar-refractivity contribution in [3.8, 4) is 33.4 Å². The molecule has 0 bridgehead atoms. The van der Waals surface area contributed by atoms with E-state index in [0.29, 0.717) is 0 Å². The quantitative estimate of drug-likeness (QED) is 0.140. The number of fused-ring (bicyclic) bond motifs is 10. The van der Waals surface area contributed by atoms with E-state index in [4.69, 9.17) is 0 Å². The van der Waals surface area contributed by atoms with Gasteiger partial charge in [0.15, 0.2) is 0 Å². The van der Waals surface area contributed by atoms with Crippen LogP contribution in [0.3, 0.4) is 0 Å². The first-order valence-corrected chi connectivity index (χ1v) is 28.3. The molecule has 2 heterocycles. The van der Waals surface area contributed by atoms with Gasteiger partial charge in [0, 0.05) is 79.6 Å². The number of hydrogen-bond donors (Lipinski definition) is 0. The SMILES string of the molecule is c1ccc(N(c2ccccc2)c2c3ccccc3c(-c3ccc4c(c3)Sc3cccc5c3c-4cc3sc4cc(-c6c7ccccc7c(N(c7ccccc7)c7ccccc7)c7ccccc67)ccc4c35)c3ccccc23)cc1. The zero-order chi connectivity index (χ0) is 51.3. The average Bonchev–Trinajstić information content (AvgIpc) is 4.07. The van der Waals surface area contributed by atoms with Crippen LogP contribution in [-0.4, -0.2) is 0 Å². The Hall–Kier alpha value is -9.45. The average molecular weight is 1030 g/mol. The van der Waals surface area contributed by atoms with Crippen LogP contribution in [0.25, 0.3) is 107 Å². The fourth-order valence-corrected chi connectivity index (χ4v) is 15.1. The van der Waals surface area contributed by atoms with Crippen molar-refractivity contribution in [3.05, 3.63) is 279 Å². The van der Waals surface area contributed by atoms with Crippen LogP contribution < -0.4 is 9.80 Å². The second-order valence-corrected chi connectivity index (χ2v) is 22.4. The molecule has 1 aliphatic heterocycles. The highest BCUT2D eigenvalue weighted by molar-refractivity contribution is 7.99. The molecular weight excluding hydrogens is 981 g/mol. The summed E-state index contributed by atoms with van der Waals surface area (Å²) in [4.78, 5) is 7.44. The Morgan fingerprint density at radius 3 is 1.10 bits per heavy atom. The Morgan fingerprint density at radius 2 is 0.641 bits per heavy atom. The first kappa shape index (κ1) is 44.8. The topological polar surface area (TPSA) is 6.48 Å². The maximum Gasteiger partial charge on any atom is 0.0618 e. The van der Waals surface area contributed by atoms with Gasteiger partial charge in [-0.1, -0.05) is 218 Å². The van der Waals surface area contributed by atoms with Crippen molar-refractivity contribution in [1.29, 1.82) is 0 Å². The van der Waals surface area contributed by atoms with Crippen LogP contribution in [0.5, 0.6) is 0 Å². The van der Waals surface area contributed by atoms with Gasteiger partial charge in [-0.05, 0) is 133 Å². The van der Waals surface area contributed by atoms with E-state index in [0.717, 1.165) is 22.7 Å². The summed E-state index contributed by atoms with van der Waals surface area (Å²) in [6.07, 6.45) is 0. The van der Waals surface area contributed by atoms with Crippen molar-refractivity contribution in [2.75, 3.05) is 9.80 Å². The van der Waals surface area contributed by atoms with E-state index in [9.17, 15) is 0 Å². The van der Waals surface area contributed by atoms with Crippen LogP contribution in [0.2, 0.25) is 0 Å². The first-order chi connectivity index (χ1) is 38.7. The summed E-state index contributed by atoms with van der Waals surface area (Å²) in [6, 6.07) is 103. The first-order valence-electron chi connectivity index (χ1n) is 26.7. The van der Waals surface area contributed by atoms with Crippen LogP contribution in [0.4, 0.5) is 34.1 Å².